The Balaban J connectivity index is 1.71. The number of alkyl halides is 2. The highest BCUT2D eigenvalue weighted by atomic mass is 19.3. The van der Waals surface area contributed by atoms with Crippen LogP contribution >= 0.6 is 0 Å². The maximum atomic E-state index is 12.7. The quantitative estimate of drug-likeness (QED) is 0.403. The highest BCUT2D eigenvalue weighted by Gasteiger charge is 2.17. The van der Waals surface area contributed by atoms with E-state index in [1.807, 2.05) is 19.1 Å². The van der Waals surface area contributed by atoms with Crippen molar-refractivity contribution in [3.05, 3.63) is 60.0 Å². The minimum atomic E-state index is -2.96. The lowest BCUT2D eigenvalue weighted by Crippen LogP contribution is -2.21. The van der Waals surface area contributed by atoms with Crippen molar-refractivity contribution >= 4 is 0 Å². The molecule has 0 fully saturated rings. The van der Waals surface area contributed by atoms with Crippen molar-refractivity contribution in [3.8, 4) is 28.7 Å². The Labute approximate surface area is 184 Å². The van der Waals surface area contributed by atoms with Crippen molar-refractivity contribution in [1.82, 2.24) is 10.3 Å². The molecule has 1 atom stereocenters. The molecule has 32 heavy (non-hydrogen) atoms. The molecule has 3 aromatic rings. The van der Waals surface area contributed by atoms with Gasteiger partial charge in [0, 0.05) is 17.7 Å². The largest absolute Gasteiger partial charge is 0.493 e. The fourth-order valence-electron chi connectivity index (χ4n) is 3.01. The number of nitrogens with zero attached hydrogens (tertiary/aromatic N) is 1. The van der Waals surface area contributed by atoms with Crippen LogP contribution < -0.4 is 19.5 Å². The van der Waals surface area contributed by atoms with Crippen molar-refractivity contribution in [2.24, 2.45) is 0 Å². The van der Waals surface area contributed by atoms with Gasteiger partial charge in [-0.15, -0.1) is 0 Å². The van der Waals surface area contributed by atoms with Crippen molar-refractivity contribution < 1.29 is 32.5 Å². The summed E-state index contributed by atoms with van der Waals surface area (Å²) in [5.74, 6) is 0.975. The van der Waals surface area contributed by atoms with Crippen LogP contribution in [0.25, 0.3) is 11.5 Å². The number of nitrogens with one attached hydrogen (secondary N) is 1. The number of halogens is 2. The van der Waals surface area contributed by atoms with Crippen LogP contribution in [0.1, 0.15) is 38.3 Å². The van der Waals surface area contributed by atoms with E-state index in [1.165, 1.54) is 18.4 Å². The monoisotopic (exact) mass is 448 g/mol. The van der Waals surface area contributed by atoms with Crippen LogP contribution in [0, 0.1) is 0 Å². The smallest absolute Gasteiger partial charge is 0.387 e. The highest BCUT2D eigenvalue weighted by Crippen LogP contribution is 2.34. The second kappa shape index (κ2) is 10.9. The third kappa shape index (κ3) is 6.18. The number of hydrogen-bond acceptors (Lipinski definition) is 7. The zero-order valence-electron chi connectivity index (χ0n) is 18.0. The van der Waals surface area contributed by atoms with Gasteiger partial charge in [0.05, 0.1) is 18.4 Å². The van der Waals surface area contributed by atoms with Gasteiger partial charge in [0.1, 0.15) is 18.2 Å². The molecule has 3 rings (SSSR count). The van der Waals surface area contributed by atoms with Gasteiger partial charge in [0.25, 0.3) is 0 Å². The topological polar surface area (TPSA) is 86.0 Å². The lowest BCUT2D eigenvalue weighted by molar-refractivity contribution is -0.0518. The van der Waals surface area contributed by atoms with Crippen molar-refractivity contribution in [1.29, 1.82) is 0 Å². The number of aliphatic hydroxyl groups is 1. The Hall–Kier alpha value is -3.17. The molecule has 0 amide bonds. The lowest BCUT2D eigenvalue weighted by Gasteiger charge is -2.16. The van der Waals surface area contributed by atoms with E-state index < -0.39 is 12.8 Å². The number of para-hydroxylation sites is 1. The lowest BCUT2D eigenvalue weighted by atomic mass is 10.1. The Kier molecular flexibility index (Phi) is 8.02. The van der Waals surface area contributed by atoms with Crippen LogP contribution in [0.3, 0.4) is 0 Å². The first-order chi connectivity index (χ1) is 15.4. The Morgan fingerprint density at radius 3 is 2.56 bits per heavy atom. The summed E-state index contributed by atoms with van der Waals surface area (Å²) in [4.78, 5) is 4.40. The van der Waals surface area contributed by atoms with E-state index in [0.717, 1.165) is 0 Å². The van der Waals surface area contributed by atoms with Gasteiger partial charge < -0.3 is 23.7 Å². The van der Waals surface area contributed by atoms with Crippen LogP contribution in [-0.2, 0) is 6.54 Å². The van der Waals surface area contributed by atoms with Gasteiger partial charge in [0.15, 0.2) is 11.5 Å². The third-order valence-corrected chi connectivity index (χ3v) is 4.31. The zero-order valence-corrected chi connectivity index (χ0v) is 18.0. The van der Waals surface area contributed by atoms with E-state index in [-0.39, 0.29) is 30.0 Å². The summed E-state index contributed by atoms with van der Waals surface area (Å²) >= 11 is 0. The fraction of sp³-hybridized carbons (Fsp3) is 0.348. The Morgan fingerprint density at radius 1 is 1.06 bits per heavy atom. The number of oxazole rings is 1. The SMILES string of the molecule is CCOc1ccccc1C(O)NCc1coc(-c2ccc(OC(F)F)c(OC(C)C)c2)n1. The normalized spacial score (nSPS) is 12.2. The molecule has 2 aromatic carbocycles. The summed E-state index contributed by atoms with van der Waals surface area (Å²) in [7, 11) is 0. The first-order valence-electron chi connectivity index (χ1n) is 10.2. The van der Waals surface area contributed by atoms with Crippen LogP contribution in [0.15, 0.2) is 53.1 Å². The van der Waals surface area contributed by atoms with Crippen LogP contribution in [-0.4, -0.2) is 29.4 Å². The molecule has 172 valence electrons. The molecule has 7 nitrogen and oxygen atoms in total. The summed E-state index contributed by atoms with van der Waals surface area (Å²) in [5.41, 5.74) is 1.70. The van der Waals surface area contributed by atoms with Crippen molar-refractivity contribution in [2.45, 2.75) is 46.3 Å². The fourth-order valence-corrected chi connectivity index (χ4v) is 3.01. The summed E-state index contributed by atoms with van der Waals surface area (Å²) in [6.07, 6.45) is 0.251. The van der Waals surface area contributed by atoms with E-state index in [0.29, 0.717) is 29.2 Å². The molecule has 0 aliphatic rings. The van der Waals surface area contributed by atoms with Gasteiger partial charge in [-0.1, -0.05) is 18.2 Å². The average molecular weight is 448 g/mol. The van der Waals surface area contributed by atoms with E-state index >= 15 is 0 Å². The second-order valence-electron chi connectivity index (χ2n) is 7.10. The van der Waals surface area contributed by atoms with E-state index in [2.05, 4.69) is 15.0 Å². The molecule has 0 saturated carbocycles. The van der Waals surface area contributed by atoms with Crippen LogP contribution in [0.5, 0.6) is 17.2 Å². The number of ether oxygens (including phenoxy) is 3. The van der Waals surface area contributed by atoms with Crippen molar-refractivity contribution in [3.63, 3.8) is 0 Å². The summed E-state index contributed by atoms with van der Waals surface area (Å²) in [5, 5.41) is 13.5. The number of benzene rings is 2. The standard InChI is InChI=1S/C23H26F2N2O5/c1-4-29-18-8-6-5-7-17(18)21(28)26-12-16-13-30-22(27-16)15-9-10-19(32-23(24)25)20(11-15)31-14(2)3/h5-11,13-14,21,23,26,28H,4,12H2,1-3H3. The molecule has 0 radical (unpaired) electrons. The predicted molar refractivity (Wildman–Crippen MR) is 114 cm³/mol. The van der Waals surface area contributed by atoms with Crippen LogP contribution in [0.4, 0.5) is 8.78 Å². The summed E-state index contributed by atoms with van der Waals surface area (Å²) < 4.78 is 46.5. The van der Waals surface area contributed by atoms with Crippen LogP contribution in [0.2, 0.25) is 0 Å². The highest BCUT2D eigenvalue weighted by molar-refractivity contribution is 5.60. The number of aliphatic hydroxyl groups excluding tert-OH is 1. The summed E-state index contributed by atoms with van der Waals surface area (Å²) in [6.45, 7) is 3.18. The predicted octanol–water partition coefficient (Wildman–Crippen LogP) is 4.91. The van der Waals surface area contributed by atoms with Gasteiger partial charge in [0.2, 0.25) is 5.89 Å². The summed E-state index contributed by atoms with van der Waals surface area (Å²) in [6, 6.07) is 11.7. The second-order valence-corrected chi connectivity index (χ2v) is 7.10. The number of aromatic nitrogens is 1. The van der Waals surface area contributed by atoms with Gasteiger partial charge in [-0.25, -0.2) is 4.98 Å². The van der Waals surface area contributed by atoms with Crippen molar-refractivity contribution in [2.75, 3.05) is 6.61 Å². The molecular formula is C23H26F2N2O5. The van der Waals surface area contributed by atoms with Gasteiger partial charge in [-0.3, -0.25) is 5.32 Å². The zero-order chi connectivity index (χ0) is 23.1. The van der Waals surface area contributed by atoms with Gasteiger partial charge in [-0.05, 0) is 45.0 Å². The average Bonchev–Trinajstić information content (AvgIpc) is 3.22. The first kappa shape index (κ1) is 23.5. The van der Waals surface area contributed by atoms with Gasteiger partial charge >= 0.3 is 6.61 Å². The molecule has 1 heterocycles. The minimum Gasteiger partial charge on any atom is -0.493 e. The van der Waals surface area contributed by atoms with Gasteiger partial charge in [-0.2, -0.15) is 8.78 Å². The van der Waals surface area contributed by atoms with E-state index in [9.17, 15) is 13.9 Å². The minimum absolute atomic E-state index is 0.0676. The first-order valence-corrected chi connectivity index (χ1v) is 10.2. The molecule has 2 N–H and O–H groups in total. The molecule has 0 spiro atoms. The molecule has 9 heteroatoms. The number of rotatable bonds is 11. The third-order valence-electron chi connectivity index (χ3n) is 4.31. The molecule has 0 aliphatic carbocycles. The maximum Gasteiger partial charge on any atom is 0.387 e. The maximum absolute atomic E-state index is 12.7. The van der Waals surface area contributed by atoms with E-state index in [4.69, 9.17) is 13.9 Å². The molecular weight excluding hydrogens is 422 g/mol. The number of hydrogen-bond donors (Lipinski definition) is 2. The molecule has 1 unspecified atom stereocenters. The molecule has 1 aromatic heterocycles. The Bertz CT molecular complexity index is 1010. The molecule has 0 aliphatic heterocycles. The Morgan fingerprint density at radius 2 is 1.84 bits per heavy atom. The molecule has 0 bridgehead atoms. The molecule has 0 saturated heterocycles. The van der Waals surface area contributed by atoms with E-state index in [1.54, 1.807) is 32.0 Å².